The molecule has 2 saturated heterocycles. The smallest absolute Gasteiger partial charge is 0.260 e. The first-order chi connectivity index (χ1) is 15.9. The topological polar surface area (TPSA) is 82.0 Å². The summed E-state index contributed by atoms with van der Waals surface area (Å²) in [5.41, 5.74) is 1.16. The molecule has 1 unspecified atom stereocenters. The van der Waals surface area contributed by atoms with E-state index in [0.717, 1.165) is 31.0 Å². The van der Waals surface area contributed by atoms with Crippen LogP contribution in [-0.2, 0) is 11.3 Å². The van der Waals surface area contributed by atoms with Crippen molar-refractivity contribution in [3.63, 3.8) is 0 Å². The van der Waals surface area contributed by atoms with Gasteiger partial charge in [-0.3, -0.25) is 9.69 Å². The molecule has 2 aliphatic heterocycles. The number of rotatable bonds is 8. The number of carbonyl (C=O) groups is 1. The highest BCUT2D eigenvalue weighted by Gasteiger charge is 2.36. The van der Waals surface area contributed by atoms with Crippen molar-refractivity contribution in [1.29, 1.82) is 0 Å². The second-order valence-corrected chi connectivity index (χ2v) is 9.43. The zero-order chi connectivity index (χ0) is 23.3. The number of anilines is 1. The molecular weight excluding hydrogens is 418 g/mol. The van der Waals surface area contributed by atoms with Crippen LogP contribution in [0.5, 0.6) is 5.75 Å². The fraction of sp³-hybridized carbons (Fsp3) is 0.560. The van der Waals surface area contributed by atoms with E-state index in [-0.39, 0.29) is 19.1 Å². The Kier molecular flexibility index (Phi) is 7.45. The number of aliphatic hydroxyl groups is 1. The summed E-state index contributed by atoms with van der Waals surface area (Å²) in [6.07, 6.45) is 5.59. The van der Waals surface area contributed by atoms with Crippen molar-refractivity contribution in [2.45, 2.75) is 44.8 Å². The van der Waals surface area contributed by atoms with E-state index >= 15 is 0 Å². The molecule has 1 aromatic heterocycles. The molecule has 1 atom stereocenters. The van der Waals surface area contributed by atoms with Gasteiger partial charge in [-0.2, -0.15) is 0 Å². The molecule has 8 nitrogen and oxygen atoms in total. The average Bonchev–Trinajstić information content (AvgIpc) is 3.31. The number of amides is 1. The second-order valence-electron chi connectivity index (χ2n) is 9.43. The third-order valence-corrected chi connectivity index (χ3v) is 6.52. The standard InChI is InChI=1S/C25H35N5O3/c1-20-14-23(27-19-26-20)30-13-5-10-25(32,18-30)17-28(2)24(31)16-33-22-8-6-21(7-9-22)15-29-11-3-4-12-29/h6-9,14,19,32H,3-5,10-13,15-18H2,1-2H3. The number of β-amino-alcohol motifs (C(OH)–C–C–N with tert-alkyl or cyclic N) is 1. The third kappa shape index (κ3) is 6.42. The Hall–Kier alpha value is -2.71. The predicted octanol–water partition coefficient (Wildman–Crippen LogP) is 2.25. The Balaban J connectivity index is 1.26. The number of likely N-dealkylation sites (tertiary alicyclic amines) is 1. The number of piperidine rings is 1. The first kappa shape index (κ1) is 23.4. The maximum absolute atomic E-state index is 12.7. The number of aryl methyl sites for hydroxylation is 1. The average molecular weight is 454 g/mol. The van der Waals surface area contributed by atoms with Crippen molar-refractivity contribution < 1.29 is 14.6 Å². The first-order valence-electron chi connectivity index (χ1n) is 11.8. The lowest BCUT2D eigenvalue weighted by Gasteiger charge is -2.41. The van der Waals surface area contributed by atoms with Gasteiger partial charge >= 0.3 is 0 Å². The lowest BCUT2D eigenvalue weighted by molar-refractivity contribution is -0.135. The molecule has 0 bridgehead atoms. The van der Waals surface area contributed by atoms with E-state index in [1.165, 1.54) is 31.5 Å². The molecule has 8 heteroatoms. The maximum Gasteiger partial charge on any atom is 0.260 e. The third-order valence-electron chi connectivity index (χ3n) is 6.52. The monoisotopic (exact) mass is 453 g/mol. The van der Waals surface area contributed by atoms with Gasteiger partial charge in [-0.05, 0) is 63.4 Å². The Morgan fingerprint density at radius 1 is 1.15 bits per heavy atom. The van der Waals surface area contributed by atoms with Crippen LogP contribution in [0.4, 0.5) is 5.82 Å². The van der Waals surface area contributed by atoms with E-state index in [1.807, 2.05) is 25.1 Å². The van der Waals surface area contributed by atoms with Gasteiger partial charge in [0.25, 0.3) is 5.91 Å². The van der Waals surface area contributed by atoms with E-state index in [1.54, 1.807) is 18.3 Å². The molecule has 1 amide bonds. The molecular formula is C25H35N5O3. The van der Waals surface area contributed by atoms with E-state index in [9.17, 15) is 9.90 Å². The summed E-state index contributed by atoms with van der Waals surface area (Å²) in [4.78, 5) is 27.2. The maximum atomic E-state index is 12.7. The van der Waals surface area contributed by atoms with Gasteiger partial charge in [0.1, 0.15) is 17.9 Å². The van der Waals surface area contributed by atoms with Crippen LogP contribution in [0.15, 0.2) is 36.7 Å². The van der Waals surface area contributed by atoms with Gasteiger partial charge in [0.2, 0.25) is 0 Å². The van der Waals surface area contributed by atoms with E-state index in [2.05, 4.69) is 31.9 Å². The van der Waals surface area contributed by atoms with Crippen LogP contribution < -0.4 is 9.64 Å². The summed E-state index contributed by atoms with van der Waals surface area (Å²) in [6, 6.07) is 9.90. The summed E-state index contributed by atoms with van der Waals surface area (Å²) in [7, 11) is 1.72. The number of hydrogen-bond acceptors (Lipinski definition) is 7. The number of hydrogen-bond donors (Lipinski definition) is 1. The first-order valence-corrected chi connectivity index (χ1v) is 11.8. The van der Waals surface area contributed by atoms with Gasteiger partial charge < -0.3 is 19.6 Å². The lowest BCUT2D eigenvalue weighted by Crippen LogP contribution is -2.55. The molecule has 0 radical (unpaired) electrons. The minimum atomic E-state index is -0.987. The Morgan fingerprint density at radius 3 is 2.64 bits per heavy atom. The van der Waals surface area contributed by atoms with Gasteiger partial charge in [-0.1, -0.05) is 12.1 Å². The van der Waals surface area contributed by atoms with Gasteiger partial charge in [0.05, 0.1) is 12.1 Å². The van der Waals surface area contributed by atoms with Crippen molar-refractivity contribution >= 4 is 11.7 Å². The molecule has 178 valence electrons. The largest absolute Gasteiger partial charge is 0.484 e. The molecule has 3 heterocycles. The zero-order valence-corrected chi connectivity index (χ0v) is 19.7. The van der Waals surface area contributed by atoms with Crippen molar-refractivity contribution in [1.82, 2.24) is 19.8 Å². The summed E-state index contributed by atoms with van der Waals surface area (Å²) in [6.45, 7) is 6.69. The molecule has 0 aliphatic carbocycles. The summed E-state index contributed by atoms with van der Waals surface area (Å²) >= 11 is 0. The molecule has 0 saturated carbocycles. The minimum absolute atomic E-state index is 0.0487. The van der Waals surface area contributed by atoms with E-state index in [4.69, 9.17) is 4.74 Å². The lowest BCUT2D eigenvalue weighted by atomic mass is 9.92. The second kappa shape index (κ2) is 10.5. The number of likely N-dealkylation sites (N-methyl/N-ethyl adjacent to an activating group) is 1. The minimum Gasteiger partial charge on any atom is -0.484 e. The number of ether oxygens (including phenoxy) is 1. The van der Waals surface area contributed by atoms with E-state index in [0.29, 0.717) is 18.7 Å². The number of nitrogens with zero attached hydrogens (tertiary/aromatic N) is 5. The summed E-state index contributed by atoms with van der Waals surface area (Å²) in [5, 5.41) is 11.2. The highest BCUT2D eigenvalue weighted by Crippen LogP contribution is 2.26. The van der Waals surface area contributed by atoms with Gasteiger partial charge in [0, 0.05) is 38.4 Å². The van der Waals surface area contributed by atoms with Crippen molar-refractivity contribution in [3.8, 4) is 5.75 Å². The number of aromatic nitrogens is 2. The predicted molar refractivity (Wildman–Crippen MR) is 127 cm³/mol. The highest BCUT2D eigenvalue weighted by atomic mass is 16.5. The fourth-order valence-electron chi connectivity index (χ4n) is 4.73. The zero-order valence-electron chi connectivity index (χ0n) is 19.7. The van der Waals surface area contributed by atoms with Crippen molar-refractivity contribution in [2.75, 3.05) is 51.3 Å². The van der Waals surface area contributed by atoms with Crippen LogP contribution in [0.3, 0.4) is 0 Å². The molecule has 1 aromatic carbocycles. The Labute approximate surface area is 196 Å². The van der Waals surface area contributed by atoms with Crippen LogP contribution in [-0.4, -0.2) is 82.8 Å². The molecule has 2 fully saturated rings. The Bertz CT molecular complexity index is 932. The van der Waals surface area contributed by atoms with Crippen molar-refractivity contribution in [3.05, 3.63) is 47.9 Å². The van der Waals surface area contributed by atoms with Gasteiger partial charge in [0.15, 0.2) is 6.61 Å². The Morgan fingerprint density at radius 2 is 1.91 bits per heavy atom. The molecule has 4 rings (SSSR count). The highest BCUT2D eigenvalue weighted by molar-refractivity contribution is 5.77. The van der Waals surface area contributed by atoms with Crippen LogP contribution in [0.2, 0.25) is 0 Å². The van der Waals surface area contributed by atoms with Crippen LogP contribution in [0.1, 0.15) is 36.9 Å². The normalized spacial score (nSPS) is 21.2. The van der Waals surface area contributed by atoms with Gasteiger partial charge in [-0.25, -0.2) is 9.97 Å². The summed E-state index contributed by atoms with van der Waals surface area (Å²) in [5.74, 6) is 1.34. The molecule has 1 N–H and O–H groups in total. The van der Waals surface area contributed by atoms with E-state index < -0.39 is 5.60 Å². The molecule has 2 aromatic rings. The van der Waals surface area contributed by atoms with Crippen LogP contribution >= 0.6 is 0 Å². The molecule has 0 spiro atoms. The van der Waals surface area contributed by atoms with Crippen LogP contribution in [0.25, 0.3) is 0 Å². The number of carbonyl (C=O) groups excluding carboxylic acids is 1. The van der Waals surface area contributed by atoms with Gasteiger partial charge in [-0.15, -0.1) is 0 Å². The number of benzene rings is 1. The van der Waals surface area contributed by atoms with Crippen molar-refractivity contribution in [2.24, 2.45) is 0 Å². The quantitative estimate of drug-likeness (QED) is 0.656. The van der Waals surface area contributed by atoms with Crippen LogP contribution in [0, 0.1) is 6.92 Å². The fourth-order valence-corrected chi connectivity index (χ4v) is 4.73. The SMILES string of the molecule is Cc1cc(N2CCCC(O)(CN(C)C(=O)COc3ccc(CN4CCCC4)cc3)C2)ncn1. The summed E-state index contributed by atoms with van der Waals surface area (Å²) < 4.78 is 5.73. The molecule has 33 heavy (non-hydrogen) atoms. The molecule has 2 aliphatic rings.